The van der Waals surface area contributed by atoms with Crippen molar-refractivity contribution in [2.24, 2.45) is 10.7 Å². The molecule has 0 spiro atoms. The van der Waals surface area contributed by atoms with Gasteiger partial charge in [-0.15, -0.1) is 0 Å². The van der Waals surface area contributed by atoms with Gasteiger partial charge in [0.05, 0.1) is 11.8 Å². The summed E-state index contributed by atoms with van der Waals surface area (Å²) in [5, 5.41) is 2.96. The van der Waals surface area contributed by atoms with Gasteiger partial charge in [0.1, 0.15) is 5.84 Å². The van der Waals surface area contributed by atoms with E-state index in [2.05, 4.69) is 10.3 Å². The average molecular weight is 420 g/mol. The third-order valence-electron chi connectivity index (χ3n) is 4.57. The van der Waals surface area contributed by atoms with Crippen molar-refractivity contribution in [1.29, 1.82) is 0 Å². The molecule has 3 N–H and O–H groups in total. The smallest absolute Gasteiger partial charge is 0.334 e. The highest BCUT2D eigenvalue weighted by Crippen LogP contribution is 2.32. The number of nitrogens with zero attached hydrogens (tertiary/aromatic N) is 1. The van der Waals surface area contributed by atoms with Crippen LogP contribution in [-0.4, -0.2) is 29.4 Å². The molecule has 0 fully saturated rings. The van der Waals surface area contributed by atoms with E-state index in [9.17, 15) is 9.59 Å². The maximum atomic E-state index is 12.3. The zero-order valence-electron chi connectivity index (χ0n) is 18.7. The van der Waals surface area contributed by atoms with Crippen LogP contribution in [0.4, 0.5) is 5.69 Å². The van der Waals surface area contributed by atoms with Gasteiger partial charge >= 0.3 is 5.97 Å². The van der Waals surface area contributed by atoms with Gasteiger partial charge in [0.25, 0.3) is 5.91 Å². The van der Waals surface area contributed by atoms with E-state index in [0.717, 1.165) is 16.7 Å². The van der Waals surface area contributed by atoms with Crippen molar-refractivity contribution >= 4 is 29.5 Å². The lowest BCUT2D eigenvalue weighted by Gasteiger charge is -2.20. The Bertz CT molecular complexity index is 1060. The van der Waals surface area contributed by atoms with E-state index in [1.807, 2.05) is 65.0 Å². The number of ether oxygens (including phenoxy) is 1. The van der Waals surface area contributed by atoms with Crippen LogP contribution in [0.1, 0.15) is 57.0 Å². The Labute approximate surface area is 183 Å². The lowest BCUT2D eigenvalue weighted by Crippen LogP contribution is -2.40. The Hall–Kier alpha value is -3.41. The first kappa shape index (κ1) is 22.3. The number of hydrogen-bond acceptors (Lipinski definition) is 5. The van der Waals surface area contributed by atoms with Crippen molar-refractivity contribution in [3.05, 3.63) is 59.2 Å². The molecule has 0 unspecified atom stereocenters. The average Bonchev–Trinajstić information content (AvgIpc) is 2.83. The molecule has 0 saturated carbocycles. The molecule has 0 bridgehead atoms. The Morgan fingerprint density at radius 3 is 2.32 bits per heavy atom. The zero-order chi connectivity index (χ0) is 22.8. The molecule has 0 radical (unpaired) electrons. The van der Waals surface area contributed by atoms with E-state index in [0.29, 0.717) is 22.7 Å². The molecule has 1 aliphatic rings. The van der Waals surface area contributed by atoms with Crippen LogP contribution in [0.3, 0.4) is 0 Å². The van der Waals surface area contributed by atoms with Crippen LogP contribution >= 0.6 is 0 Å². The lowest BCUT2D eigenvalue weighted by atomic mass is 9.99. The third kappa shape index (κ3) is 5.81. The van der Waals surface area contributed by atoms with Crippen LogP contribution in [0.15, 0.2) is 53.0 Å². The lowest BCUT2D eigenvalue weighted by molar-refractivity contribution is -0.142. The summed E-state index contributed by atoms with van der Waals surface area (Å²) >= 11 is 0. The Morgan fingerprint density at radius 1 is 1.06 bits per heavy atom. The largest absolute Gasteiger partial charge is 0.460 e. The molecule has 0 aromatic heterocycles. The maximum Gasteiger partial charge on any atom is 0.334 e. The van der Waals surface area contributed by atoms with E-state index < -0.39 is 0 Å². The first-order chi connectivity index (χ1) is 14.5. The van der Waals surface area contributed by atoms with E-state index in [1.54, 1.807) is 18.2 Å². The van der Waals surface area contributed by atoms with Gasteiger partial charge in [0, 0.05) is 28.7 Å². The van der Waals surface area contributed by atoms with Crippen LogP contribution in [0.25, 0.3) is 17.2 Å². The number of nitrogens with one attached hydrogen (secondary N) is 1. The minimum absolute atomic E-state index is 0.107. The molecule has 2 aromatic carbocycles. The van der Waals surface area contributed by atoms with Crippen LogP contribution in [0, 0.1) is 0 Å². The fourth-order valence-electron chi connectivity index (χ4n) is 3.22. The second-order valence-electron chi connectivity index (χ2n) is 8.96. The van der Waals surface area contributed by atoms with Gasteiger partial charge in [-0.25, -0.2) is 9.79 Å². The summed E-state index contributed by atoms with van der Waals surface area (Å²) in [5.74, 6) is -0.129. The molecule has 162 valence electrons. The van der Waals surface area contributed by atoms with Crippen molar-refractivity contribution in [3.63, 3.8) is 0 Å². The fraction of sp³-hybridized carbons (Fsp3) is 0.320. The van der Waals surface area contributed by atoms with Crippen LogP contribution in [0.5, 0.6) is 0 Å². The van der Waals surface area contributed by atoms with Gasteiger partial charge in [-0.1, -0.05) is 24.3 Å². The summed E-state index contributed by atoms with van der Waals surface area (Å²) in [5.41, 5.74) is 10.2. The van der Waals surface area contributed by atoms with Gasteiger partial charge in [-0.2, -0.15) is 0 Å². The first-order valence-corrected chi connectivity index (χ1v) is 10.3. The summed E-state index contributed by atoms with van der Waals surface area (Å²) in [6.07, 6.45) is 1.82. The summed E-state index contributed by atoms with van der Waals surface area (Å²) in [6, 6.07) is 13.2. The zero-order valence-corrected chi connectivity index (χ0v) is 18.7. The fourth-order valence-corrected chi connectivity index (χ4v) is 3.22. The van der Waals surface area contributed by atoms with Gasteiger partial charge in [-0.05, 0) is 70.0 Å². The van der Waals surface area contributed by atoms with E-state index in [4.69, 9.17) is 10.5 Å². The summed E-state index contributed by atoms with van der Waals surface area (Å²) in [7, 11) is 0. The highest BCUT2D eigenvalue weighted by molar-refractivity contribution is 6.03. The first-order valence-electron chi connectivity index (χ1n) is 10.3. The predicted octanol–water partition coefficient (Wildman–Crippen LogP) is 4.61. The quantitative estimate of drug-likeness (QED) is 0.708. The van der Waals surface area contributed by atoms with Crippen molar-refractivity contribution in [3.8, 4) is 11.1 Å². The minimum Gasteiger partial charge on any atom is -0.460 e. The molecule has 1 heterocycles. The number of carbonyl (C=O) groups excluding carboxylic acids is 2. The van der Waals surface area contributed by atoms with E-state index in [1.165, 1.54) is 0 Å². The van der Waals surface area contributed by atoms with Gasteiger partial charge in [0.15, 0.2) is 0 Å². The Morgan fingerprint density at radius 2 is 1.71 bits per heavy atom. The van der Waals surface area contributed by atoms with Crippen molar-refractivity contribution in [2.75, 3.05) is 0 Å². The number of amides is 1. The topological polar surface area (TPSA) is 93.8 Å². The van der Waals surface area contributed by atoms with Crippen LogP contribution in [-0.2, 0) is 9.53 Å². The molecule has 0 atom stereocenters. The summed E-state index contributed by atoms with van der Waals surface area (Å²) in [4.78, 5) is 29.2. The molecule has 0 saturated heterocycles. The van der Waals surface area contributed by atoms with Gasteiger partial charge in [-0.3, -0.25) is 4.79 Å². The van der Waals surface area contributed by atoms with Crippen molar-refractivity contribution < 1.29 is 14.3 Å². The number of benzene rings is 2. The van der Waals surface area contributed by atoms with Crippen LogP contribution in [0.2, 0.25) is 0 Å². The molecular formula is C25H29N3O3. The molecule has 2 aromatic rings. The standard InChI is InChI=1S/C25H29N3O3/c1-15(2)31-24(30)20-12-19-11-10-18(13-21(19)27-22(26)14-20)16-6-8-17(9-7-16)23(29)28-25(3,4)5/h6-13,15H,14H2,1-5H3,(H2,26,27)(H,28,29). The molecule has 0 aliphatic carbocycles. The number of nitrogens with two attached hydrogens (primary N) is 1. The van der Waals surface area contributed by atoms with Gasteiger partial charge in [0.2, 0.25) is 0 Å². The maximum absolute atomic E-state index is 12.3. The van der Waals surface area contributed by atoms with Crippen molar-refractivity contribution in [1.82, 2.24) is 5.32 Å². The molecule has 1 amide bonds. The van der Waals surface area contributed by atoms with Gasteiger partial charge < -0.3 is 15.8 Å². The Kier molecular flexibility index (Phi) is 6.29. The summed E-state index contributed by atoms with van der Waals surface area (Å²) < 4.78 is 5.31. The number of fused-ring (bicyclic) bond motifs is 1. The number of rotatable bonds is 4. The number of aliphatic imine (C=N–C) groups is 1. The highest BCUT2D eigenvalue weighted by Gasteiger charge is 2.19. The van der Waals surface area contributed by atoms with Crippen molar-refractivity contribution in [2.45, 2.75) is 52.7 Å². The number of hydrogen-bond donors (Lipinski definition) is 2. The number of esters is 1. The second kappa shape index (κ2) is 8.76. The highest BCUT2D eigenvalue weighted by atomic mass is 16.5. The number of amidine groups is 1. The van der Waals surface area contributed by atoms with E-state index in [-0.39, 0.29) is 29.9 Å². The molecule has 1 aliphatic heterocycles. The SMILES string of the molecule is CC(C)OC(=O)C1=Cc2ccc(-c3ccc(C(=O)NC(C)(C)C)cc3)cc2N=C(N)C1. The molecule has 3 rings (SSSR count). The minimum atomic E-state index is -0.380. The predicted molar refractivity (Wildman–Crippen MR) is 124 cm³/mol. The monoisotopic (exact) mass is 419 g/mol. The normalized spacial score (nSPS) is 13.6. The summed E-state index contributed by atoms with van der Waals surface area (Å²) in [6.45, 7) is 9.46. The second-order valence-corrected chi connectivity index (χ2v) is 8.96. The molecular weight excluding hydrogens is 390 g/mol. The third-order valence-corrected chi connectivity index (χ3v) is 4.57. The Balaban J connectivity index is 1.88. The van der Waals surface area contributed by atoms with E-state index >= 15 is 0 Å². The van der Waals surface area contributed by atoms with Crippen LogP contribution < -0.4 is 11.1 Å². The molecule has 31 heavy (non-hydrogen) atoms. The number of carbonyl (C=O) groups is 2. The molecule has 6 heteroatoms. The molecule has 6 nitrogen and oxygen atoms in total.